The van der Waals surface area contributed by atoms with E-state index in [0.29, 0.717) is 16.8 Å². The number of anilines is 5. The van der Waals surface area contributed by atoms with E-state index < -0.39 is 0 Å². The first-order valence-corrected chi connectivity index (χ1v) is 13.9. The average Bonchev–Trinajstić information content (AvgIpc) is 3.03. The molecule has 0 aliphatic carbocycles. The maximum atomic E-state index is 13.9. The fraction of sp³-hybridized carbons (Fsp3) is 0.111. The number of hydrogen-bond donors (Lipinski definition) is 2. The van der Waals surface area contributed by atoms with E-state index in [1.165, 1.54) is 0 Å². The standard InChI is InChI=1S/C36H33N3O2/c1-3-26-16-15-17-27(4-2)34(26)38-35(40)30-22-11-13-24-32(30)37-36(41)31-23-12-14-25-33(31)39(28-18-7-5-8-19-28)29-20-9-6-10-21-29/h5-25H,3-4H2,1-2H3,(H,37,41)(H,38,40). The second-order valence-corrected chi connectivity index (χ2v) is 9.64. The molecular formula is C36H33N3O2. The molecule has 41 heavy (non-hydrogen) atoms. The van der Waals surface area contributed by atoms with Crippen LogP contribution in [-0.2, 0) is 12.8 Å². The smallest absolute Gasteiger partial charge is 0.257 e. The molecule has 5 aromatic carbocycles. The van der Waals surface area contributed by atoms with Crippen molar-refractivity contribution in [3.8, 4) is 0 Å². The van der Waals surface area contributed by atoms with Gasteiger partial charge in [0.25, 0.3) is 11.8 Å². The lowest BCUT2D eigenvalue weighted by Gasteiger charge is -2.27. The van der Waals surface area contributed by atoms with Gasteiger partial charge in [-0.1, -0.05) is 92.7 Å². The number of amides is 2. The van der Waals surface area contributed by atoms with Gasteiger partial charge in [0.1, 0.15) is 0 Å². The number of benzene rings is 5. The molecule has 0 aliphatic rings. The molecular weight excluding hydrogens is 506 g/mol. The molecule has 5 nitrogen and oxygen atoms in total. The van der Waals surface area contributed by atoms with E-state index >= 15 is 0 Å². The summed E-state index contributed by atoms with van der Waals surface area (Å²) in [7, 11) is 0. The first kappa shape index (κ1) is 27.4. The number of nitrogens with one attached hydrogen (secondary N) is 2. The van der Waals surface area contributed by atoms with Crippen molar-refractivity contribution in [1.82, 2.24) is 0 Å². The highest BCUT2D eigenvalue weighted by Crippen LogP contribution is 2.36. The van der Waals surface area contributed by atoms with Crippen molar-refractivity contribution in [3.63, 3.8) is 0 Å². The first-order valence-electron chi connectivity index (χ1n) is 13.9. The Morgan fingerprint density at radius 1 is 0.537 bits per heavy atom. The molecule has 2 amide bonds. The van der Waals surface area contributed by atoms with Gasteiger partial charge >= 0.3 is 0 Å². The number of rotatable bonds is 9. The number of hydrogen-bond acceptors (Lipinski definition) is 3. The molecule has 5 heteroatoms. The highest BCUT2D eigenvalue weighted by atomic mass is 16.2. The predicted octanol–water partition coefficient (Wildman–Crippen LogP) is 8.79. The van der Waals surface area contributed by atoms with E-state index in [4.69, 9.17) is 0 Å². The Labute approximate surface area is 241 Å². The summed E-state index contributed by atoms with van der Waals surface area (Å²) < 4.78 is 0. The molecule has 5 aromatic rings. The molecule has 0 saturated carbocycles. The second-order valence-electron chi connectivity index (χ2n) is 9.64. The molecule has 0 aromatic heterocycles. The summed E-state index contributed by atoms with van der Waals surface area (Å²) in [6, 6.07) is 40.6. The van der Waals surface area contributed by atoms with Gasteiger partial charge in [0.15, 0.2) is 0 Å². The Hall–Kier alpha value is -5.16. The highest BCUT2D eigenvalue weighted by molar-refractivity contribution is 6.14. The van der Waals surface area contributed by atoms with Crippen LogP contribution in [0.2, 0.25) is 0 Å². The quantitative estimate of drug-likeness (QED) is 0.197. The van der Waals surface area contributed by atoms with Gasteiger partial charge in [0, 0.05) is 17.1 Å². The largest absolute Gasteiger partial charge is 0.321 e. The average molecular weight is 540 g/mol. The van der Waals surface area contributed by atoms with Gasteiger partial charge in [0.2, 0.25) is 0 Å². The van der Waals surface area contributed by atoms with Gasteiger partial charge in [-0.3, -0.25) is 9.59 Å². The van der Waals surface area contributed by atoms with Crippen LogP contribution in [0.4, 0.5) is 28.4 Å². The number of carbonyl (C=O) groups is 2. The van der Waals surface area contributed by atoms with Crippen LogP contribution in [0.5, 0.6) is 0 Å². The maximum absolute atomic E-state index is 13.9. The van der Waals surface area contributed by atoms with Crippen LogP contribution in [0.15, 0.2) is 127 Å². The summed E-state index contributed by atoms with van der Waals surface area (Å²) >= 11 is 0. The lowest BCUT2D eigenvalue weighted by atomic mass is 10.0. The Morgan fingerprint density at radius 3 is 1.61 bits per heavy atom. The fourth-order valence-corrected chi connectivity index (χ4v) is 5.01. The van der Waals surface area contributed by atoms with Crippen LogP contribution in [0.1, 0.15) is 45.7 Å². The van der Waals surface area contributed by atoms with Crippen LogP contribution < -0.4 is 15.5 Å². The molecule has 0 heterocycles. The van der Waals surface area contributed by atoms with Crippen LogP contribution in [0.3, 0.4) is 0 Å². The van der Waals surface area contributed by atoms with Crippen LogP contribution in [0.25, 0.3) is 0 Å². The zero-order valence-corrected chi connectivity index (χ0v) is 23.3. The molecule has 0 radical (unpaired) electrons. The Balaban J connectivity index is 1.48. The molecule has 2 N–H and O–H groups in total. The van der Waals surface area contributed by atoms with Crippen molar-refractivity contribution in [2.24, 2.45) is 0 Å². The molecule has 0 aliphatic heterocycles. The monoisotopic (exact) mass is 539 g/mol. The van der Waals surface area contributed by atoms with Gasteiger partial charge in [-0.25, -0.2) is 0 Å². The van der Waals surface area contributed by atoms with E-state index in [1.807, 2.05) is 103 Å². The van der Waals surface area contributed by atoms with Crippen molar-refractivity contribution in [2.75, 3.05) is 15.5 Å². The lowest BCUT2D eigenvalue weighted by Crippen LogP contribution is -2.21. The lowest BCUT2D eigenvalue weighted by molar-refractivity contribution is 0.102. The third-order valence-corrected chi connectivity index (χ3v) is 7.08. The summed E-state index contributed by atoms with van der Waals surface area (Å²) in [5.74, 6) is -0.569. The van der Waals surface area contributed by atoms with Gasteiger partial charge in [0.05, 0.1) is 22.5 Å². The molecule has 0 unspecified atom stereocenters. The van der Waals surface area contributed by atoms with Crippen LogP contribution >= 0.6 is 0 Å². The Bertz CT molecular complexity index is 1590. The number of carbonyl (C=O) groups excluding carboxylic acids is 2. The minimum Gasteiger partial charge on any atom is -0.321 e. The molecule has 204 valence electrons. The summed E-state index contributed by atoms with van der Waals surface area (Å²) in [6.07, 6.45) is 1.61. The highest BCUT2D eigenvalue weighted by Gasteiger charge is 2.21. The van der Waals surface area contributed by atoms with E-state index in [0.717, 1.165) is 46.7 Å². The van der Waals surface area contributed by atoms with Crippen molar-refractivity contribution >= 4 is 40.3 Å². The third-order valence-electron chi connectivity index (χ3n) is 7.08. The van der Waals surface area contributed by atoms with Crippen molar-refractivity contribution in [2.45, 2.75) is 26.7 Å². The summed E-state index contributed by atoms with van der Waals surface area (Å²) in [6.45, 7) is 4.15. The Morgan fingerprint density at radius 2 is 1.02 bits per heavy atom. The second kappa shape index (κ2) is 12.8. The van der Waals surface area contributed by atoms with Crippen molar-refractivity contribution in [1.29, 1.82) is 0 Å². The predicted molar refractivity (Wildman–Crippen MR) is 169 cm³/mol. The topological polar surface area (TPSA) is 61.4 Å². The molecule has 5 rings (SSSR count). The molecule has 0 saturated heterocycles. The first-order chi connectivity index (χ1) is 20.1. The Kier molecular flexibility index (Phi) is 8.55. The third kappa shape index (κ3) is 6.04. The van der Waals surface area contributed by atoms with Crippen LogP contribution in [0, 0.1) is 0 Å². The van der Waals surface area contributed by atoms with Crippen LogP contribution in [-0.4, -0.2) is 11.8 Å². The summed E-state index contributed by atoms with van der Waals surface area (Å²) in [5, 5.41) is 6.15. The number of aryl methyl sites for hydroxylation is 2. The maximum Gasteiger partial charge on any atom is 0.257 e. The summed E-state index contributed by atoms with van der Waals surface area (Å²) in [5.41, 5.74) is 6.92. The van der Waals surface area contributed by atoms with Crippen molar-refractivity contribution < 1.29 is 9.59 Å². The van der Waals surface area contributed by atoms with E-state index in [9.17, 15) is 9.59 Å². The van der Waals surface area contributed by atoms with Gasteiger partial charge < -0.3 is 15.5 Å². The SMILES string of the molecule is CCc1cccc(CC)c1NC(=O)c1ccccc1NC(=O)c1ccccc1N(c1ccccc1)c1ccccc1. The molecule has 0 fully saturated rings. The van der Waals surface area contributed by atoms with E-state index in [1.54, 1.807) is 24.3 Å². The van der Waals surface area contributed by atoms with Gasteiger partial charge in [-0.05, 0) is 72.5 Å². The normalized spacial score (nSPS) is 10.6. The molecule has 0 atom stereocenters. The fourth-order valence-electron chi connectivity index (χ4n) is 5.01. The van der Waals surface area contributed by atoms with Gasteiger partial charge in [-0.15, -0.1) is 0 Å². The molecule has 0 spiro atoms. The molecule has 0 bridgehead atoms. The zero-order valence-electron chi connectivity index (χ0n) is 23.3. The zero-order chi connectivity index (χ0) is 28.6. The summed E-state index contributed by atoms with van der Waals surface area (Å²) in [4.78, 5) is 29.5. The van der Waals surface area contributed by atoms with E-state index in [2.05, 4.69) is 29.4 Å². The van der Waals surface area contributed by atoms with Gasteiger partial charge in [-0.2, -0.15) is 0 Å². The minimum absolute atomic E-state index is 0.264. The van der Waals surface area contributed by atoms with Crippen molar-refractivity contribution in [3.05, 3.63) is 150 Å². The number of para-hydroxylation sites is 5. The minimum atomic E-state index is -0.305. The van der Waals surface area contributed by atoms with E-state index in [-0.39, 0.29) is 11.8 Å². The number of nitrogens with zero attached hydrogens (tertiary/aromatic N) is 1.